The third kappa shape index (κ3) is 4.79. The molecule has 0 aliphatic carbocycles. The molecule has 0 bridgehead atoms. The molecule has 0 spiro atoms. The van der Waals surface area contributed by atoms with Crippen LogP contribution in [0, 0.1) is 0 Å². The van der Waals surface area contributed by atoms with Gasteiger partial charge in [0, 0.05) is 18.7 Å². The lowest BCUT2D eigenvalue weighted by molar-refractivity contribution is 0.0951. The Hall–Kier alpha value is -1.75. The third-order valence-corrected chi connectivity index (χ3v) is 2.60. The lowest BCUT2D eigenvalue weighted by Crippen LogP contribution is -2.24. The van der Waals surface area contributed by atoms with E-state index in [4.69, 9.17) is 14.6 Å². The van der Waals surface area contributed by atoms with Crippen molar-refractivity contribution in [2.75, 3.05) is 26.9 Å². The van der Waals surface area contributed by atoms with Crippen LogP contribution in [0.2, 0.25) is 0 Å². The highest BCUT2D eigenvalue weighted by Gasteiger charge is 2.10. The molecule has 0 atom stereocenters. The van der Waals surface area contributed by atoms with E-state index in [9.17, 15) is 4.79 Å². The predicted molar refractivity (Wildman–Crippen MR) is 72.8 cm³/mol. The highest BCUT2D eigenvalue weighted by molar-refractivity contribution is 5.94. The number of ether oxygens (including phenoxy) is 2. The Bertz CT molecular complexity index is 406. The maximum Gasteiger partial charge on any atom is 0.251 e. The average molecular weight is 267 g/mol. The molecule has 0 saturated heterocycles. The molecule has 1 rings (SSSR count). The second-order valence-electron chi connectivity index (χ2n) is 3.99. The first-order chi connectivity index (χ1) is 9.22. The second kappa shape index (κ2) is 8.37. The van der Waals surface area contributed by atoms with Gasteiger partial charge in [-0.25, -0.2) is 0 Å². The van der Waals surface area contributed by atoms with Crippen molar-refractivity contribution in [1.29, 1.82) is 0 Å². The van der Waals surface area contributed by atoms with Gasteiger partial charge in [-0.2, -0.15) is 0 Å². The standard InChI is InChI=1S/C14H21NO4/c1-3-19-12-7-6-11(10-13(12)18-2)14(17)15-8-4-5-9-16/h6-7,10,16H,3-5,8-9H2,1-2H3,(H,15,17). The molecule has 0 aromatic heterocycles. The Morgan fingerprint density at radius 2 is 2.11 bits per heavy atom. The minimum atomic E-state index is -0.153. The van der Waals surface area contributed by atoms with Crippen LogP contribution in [0.4, 0.5) is 0 Å². The molecule has 0 radical (unpaired) electrons. The van der Waals surface area contributed by atoms with Crippen molar-refractivity contribution in [3.05, 3.63) is 23.8 Å². The number of hydrogen-bond acceptors (Lipinski definition) is 4. The molecule has 1 aromatic carbocycles. The second-order valence-corrected chi connectivity index (χ2v) is 3.99. The minimum Gasteiger partial charge on any atom is -0.493 e. The molecule has 0 unspecified atom stereocenters. The summed E-state index contributed by atoms with van der Waals surface area (Å²) in [6.07, 6.45) is 1.45. The molecule has 19 heavy (non-hydrogen) atoms. The third-order valence-electron chi connectivity index (χ3n) is 2.60. The van der Waals surface area contributed by atoms with Crippen molar-refractivity contribution >= 4 is 5.91 Å². The number of benzene rings is 1. The zero-order chi connectivity index (χ0) is 14.1. The van der Waals surface area contributed by atoms with E-state index in [1.165, 1.54) is 0 Å². The van der Waals surface area contributed by atoms with E-state index in [2.05, 4.69) is 5.32 Å². The van der Waals surface area contributed by atoms with Gasteiger partial charge in [-0.1, -0.05) is 0 Å². The Balaban J connectivity index is 2.64. The molecular formula is C14H21NO4. The van der Waals surface area contributed by atoms with Gasteiger partial charge in [0.25, 0.3) is 5.91 Å². The summed E-state index contributed by atoms with van der Waals surface area (Å²) in [5, 5.41) is 11.4. The van der Waals surface area contributed by atoms with Crippen molar-refractivity contribution in [3.63, 3.8) is 0 Å². The lowest BCUT2D eigenvalue weighted by atomic mass is 10.2. The van der Waals surface area contributed by atoms with Gasteiger partial charge in [-0.15, -0.1) is 0 Å². The fourth-order valence-corrected chi connectivity index (χ4v) is 1.62. The summed E-state index contributed by atoms with van der Waals surface area (Å²) in [5.74, 6) is 1.02. The number of rotatable bonds is 8. The number of hydrogen-bond donors (Lipinski definition) is 2. The molecule has 1 aromatic rings. The van der Waals surface area contributed by atoms with Crippen LogP contribution in [0.25, 0.3) is 0 Å². The van der Waals surface area contributed by atoms with Gasteiger partial charge in [-0.05, 0) is 38.0 Å². The van der Waals surface area contributed by atoms with Crippen LogP contribution in [-0.2, 0) is 0 Å². The van der Waals surface area contributed by atoms with Crippen molar-refractivity contribution in [1.82, 2.24) is 5.32 Å². The van der Waals surface area contributed by atoms with E-state index < -0.39 is 0 Å². The first kappa shape index (κ1) is 15.3. The topological polar surface area (TPSA) is 67.8 Å². The molecule has 0 aliphatic heterocycles. The number of carbonyl (C=O) groups is 1. The summed E-state index contributed by atoms with van der Waals surface area (Å²) < 4.78 is 10.6. The Labute approximate surface area is 113 Å². The summed E-state index contributed by atoms with van der Waals surface area (Å²) in [6.45, 7) is 3.13. The fraction of sp³-hybridized carbons (Fsp3) is 0.500. The number of unbranched alkanes of at least 4 members (excludes halogenated alkanes) is 1. The summed E-state index contributed by atoms with van der Waals surface area (Å²) in [4.78, 5) is 11.9. The van der Waals surface area contributed by atoms with Gasteiger partial charge in [-0.3, -0.25) is 4.79 Å². The van der Waals surface area contributed by atoms with Gasteiger partial charge < -0.3 is 19.9 Å². The summed E-state index contributed by atoms with van der Waals surface area (Å²) in [5.41, 5.74) is 0.532. The molecule has 106 valence electrons. The first-order valence-electron chi connectivity index (χ1n) is 6.42. The van der Waals surface area contributed by atoms with Gasteiger partial charge in [0.1, 0.15) is 0 Å². The van der Waals surface area contributed by atoms with Crippen LogP contribution in [0.1, 0.15) is 30.1 Å². The lowest BCUT2D eigenvalue weighted by Gasteiger charge is -2.11. The van der Waals surface area contributed by atoms with E-state index in [1.54, 1.807) is 25.3 Å². The number of carbonyl (C=O) groups excluding carboxylic acids is 1. The van der Waals surface area contributed by atoms with E-state index in [0.717, 1.165) is 6.42 Å². The zero-order valence-electron chi connectivity index (χ0n) is 11.4. The maximum absolute atomic E-state index is 11.9. The first-order valence-corrected chi connectivity index (χ1v) is 6.42. The van der Waals surface area contributed by atoms with Crippen LogP contribution in [0.15, 0.2) is 18.2 Å². The van der Waals surface area contributed by atoms with Crippen molar-refractivity contribution in [2.24, 2.45) is 0 Å². The van der Waals surface area contributed by atoms with Crippen LogP contribution in [0.5, 0.6) is 11.5 Å². The van der Waals surface area contributed by atoms with Crippen LogP contribution in [-0.4, -0.2) is 37.9 Å². The Morgan fingerprint density at radius 3 is 2.74 bits per heavy atom. The predicted octanol–water partition coefficient (Wildman–Crippen LogP) is 1.60. The number of amides is 1. The van der Waals surface area contributed by atoms with E-state index in [-0.39, 0.29) is 12.5 Å². The summed E-state index contributed by atoms with van der Waals surface area (Å²) >= 11 is 0. The normalized spacial score (nSPS) is 10.1. The molecule has 5 heteroatoms. The van der Waals surface area contributed by atoms with Gasteiger partial charge in [0.2, 0.25) is 0 Å². The molecule has 2 N–H and O–H groups in total. The summed E-state index contributed by atoms with van der Waals surface area (Å²) in [7, 11) is 1.54. The highest BCUT2D eigenvalue weighted by Crippen LogP contribution is 2.27. The van der Waals surface area contributed by atoms with Gasteiger partial charge in [0.15, 0.2) is 11.5 Å². The maximum atomic E-state index is 11.9. The number of aliphatic hydroxyl groups is 1. The Morgan fingerprint density at radius 1 is 1.32 bits per heavy atom. The molecule has 1 amide bonds. The number of methoxy groups -OCH3 is 1. The van der Waals surface area contributed by atoms with Crippen LogP contribution < -0.4 is 14.8 Å². The smallest absolute Gasteiger partial charge is 0.251 e. The quantitative estimate of drug-likeness (QED) is 0.702. The van der Waals surface area contributed by atoms with E-state index in [1.807, 2.05) is 6.92 Å². The molecule has 0 fully saturated rings. The van der Waals surface area contributed by atoms with E-state index >= 15 is 0 Å². The van der Waals surface area contributed by atoms with Crippen molar-refractivity contribution < 1.29 is 19.4 Å². The highest BCUT2D eigenvalue weighted by atomic mass is 16.5. The molecule has 0 saturated carbocycles. The average Bonchev–Trinajstić information content (AvgIpc) is 2.44. The van der Waals surface area contributed by atoms with Gasteiger partial charge >= 0.3 is 0 Å². The molecule has 5 nitrogen and oxygen atoms in total. The van der Waals surface area contributed by atoms with E-state index in [0.29, 0.717) is 36.6 Å². The molecule has 0 aliphatic rings. The van der Waals surface area contributed by atoms with Gasteiger partial charge in [0.05, 0.1) is 13.7 Å². The largest absolute Gasteiger partial charge is 0.493 e. The monoisotopic (exact) mass is 267 g/mol. The number of aliphatic hydroxyl groups excluding tert-OH is 1. The van der Waals surface area contributed by atoms with Crippen LogP contribution >= 0.6 is 0 Å². The van der Waals surface area contributed by atoms with Crippen molar-refractivity contribution in [2.45, 2.75) is 19.8 Å². The SMILES string of the molecule is CCOc1ccc(C(=O)NCCCCO)cc1OC. The minimum absolute atomic E-state index is 0.146. The summed E-state index contributed by atoms with van der Waals surface area (Å²) in [6, 6.07) is 5.09. The van der Waals surface area contributed by atoms with Crippen LogP contribution in [0.3, 0.4) is 0 Å². The fourth-order valence-electron chi connectivity index (χ4n) is 1.62. The number of nitrogens with one attached hydrogen (secondary N) is 1. The van der Waals surface area contributed by atoms with Crippen molar-refractivity contribution in [3.8, 4) is 11.5 Å². The molecular weight excluding hydrogens is 246 g/mol. The molecule has 0 heterocycles. The Kier molecular flexibility index (Phi) is 6.74. The zero-order valence-corrected chi connectivity index (χ0v) is 11.4.